The number of carbonyl (C=O) groups excluding carboxylic acids is 1. The molecule has 2 aromatic rings. The molecule has 0 saturated heterocycles. The molecule has 1 aliphatic carbocycles. The second-order valence-corrected chi connectivity index (χ2v) is 6.84. The van der Waals surface area contributed by atoms with E-state index in [2.05, 4.69) is 45.8 Å². The maximum atomic E-state index is 12.4. The quantitative estimate of drug-likeness (QED) is 0.881. The fourth-order valence-electron chi connectivity index (χ4n) is 3.04. The van der Waals surface area contributed by atoms with Crippen LogP contribution in [0.25, 0.3) is 0 Å². The Morgan fingerprint density at radius 2 is 2.09 bits per heavy atom. The Kier molecular flexibility index (Phi) is 3.79. The number of nitrogens with one attached hydrogen (secondary N) is 1. The highest BCUT2D eigenvalue weighted by atomic mass is 16.2. The van der Waals surface area contributed by atoms with Gasteiger partial charge in [0.05, 0.1) is 17.8 Å². The van der Waals surface area contributed by atoms with Gasteiger partial charge in [0.1, 0.15) is 0 Å². The topological polar surface area (TPSA) is 98.7 Å². The van der Waals surface area contributed by atoms with Crippen molar-refractivity contribution in [2.75, 3.05) is 5.73 Å². The van der Waals surface area contributed by atoms with Crippen molar-refractivity contribution in [3.8, 4) is 0 Å². The maximum absolute atomic E-state index is 12.4. The Balaban J connectivity index is 1.86. The van der Waals surface area contributed by atoms with Gasteiger partial charge in [0, 0.05) is 23.7 Å². The molecule has 0 aromatic carbocycles. The van der Waals surface area contributed by atoms with Crippen LogP contribution in [0.2, 0.25) is 0 Å². The van der Waals surface area contributed by atoms with E-state index in [1.165, 1.54) is 18.1 Å². The van der Waals surface area contributed by atoms with Gasteiger partial charge in [0.25, 0.3) is 5.91 Å². The summed E-state index contributed by atoms with van der Waals surface area (Å²) in [6.07, 6.45) is 7.68. The Bertz CT molecular complexity index is 730. The lowest BCUT2D eigenvalue weighted by Crippen LogP contribution is -2.33. The molecule has 3 rings (SSSR count). The normalized spacial score (nSPS) is 17.6. The number of aromatic nitrogens is 4. The van der Waals surface area contributed by atoms with Crippen LogP contribution < -0.4 is 11.1 Å². The molecule has 0 unspecified atom stereocenters. The Hall–Kier alpha value is -2.44. The van der Waals surface area contributed by atoms with Gasteiger partial charge >= 0.3 is 0 Å². The first-order valence-electron chi connectivity index (χ1n) is 7.82. The van der Waals surface area contributed by atoms with Crippen molar-refractivity contribution in [3.05, 3.63) is 35.5 Å². The average molecular weight is 314 g/mol. The lowest BCUT2D eigenvalue weighted by Gasteiger charge is -2.28. The van der Waals surface area contributed by atoms with Crippen LogP contribution in [0.3, 0.4) is 0 Å². The second-order valence-electron chi connectivity index (χ2n) is 6.84. The van der Waals surface area contributed by atoms with E-state index in [4.69, 9.17) is 5.73 Å². The fraction of sp³-hybridized carbons (Fsp3) is 0.500. The zero-order valence-corrected chi connectivity index (χ0v) is 13.7. The highest BCUT2D eigenvalue weighted by Crippen LogP contribution is 2.32. The molecule has 7 heteroatoms. The SMILES string of the molecule is CC(C)(C)n1ncc2c1CCC[C@@H]2NC(=O)c1nccnc1N. The summed E-state index contributed by atoms with van der Waals surface area (Å²) in [5.74, 6) is -0.150. The largest absolute Gasteiger partial charge is 0.382 e. The van der Waals surface area contributed by atoms with Crippen LogP contribution >= 0.6 is 0 Å². The molecular formula is C16H22N6O. The number of anilines is 1. The summed E-state index contributed by atoms with van der Waals surface area (Å²) in [6.45, 7) is 6.38. The second kappa shape index (κ2) is 5.64. The van der Waals surface area contributed by atoms with Gasteiger partial charge in [-0.1, -0.05) is 0 Å². The van der Waals surface area contributed by atoms with Crippen molar-refractivity contribution in [2.24, 2.45) is 0 Å². The molecule has 0 bridgehead atoms. The third kappa shape index (κ3) is 2.91. The van der Waals surface area contributed by atoms with E-state index < -0.39 is 0 Å². The molecule has 2 aromatic heterocycles. The molecule has 0 radical (unpaired) electrons. The fourth-order valence-corrected chi connectivity index (χ4v) is 3.04. The molecule has 1 amide bonds. The van der Waals surface area contributed by atoms with E-state index in [0.29, 0.717) is 0 Å². The number of fused-ring (bicyclic) bond motifs is 1. The number of hydrogen-bond donors (Lipinski definition) is 2. The summed E-state index contributed by atoms with van der Waals surface area (Å²) >= 11 is 0. The van der Waals surface area contributed by atoms with E-state index in [1.807, 2.05) is 6.20 Å². The van der Waals surface area contributed by atoms with Crippen LogP contribution in [-0.4, -0.2) is 25.7 Å². The van der Waals surface area contributed by atoms with E-state index >= 15 is 0 Å². The number of carbonyl (C=O) groups is 1. The summed E-state index contributed by atoms with van der Waals surface area (Å²) in [7, 11) is 0. The van der Waals surface area contributed by atoms with Crippen molar-refractivity contribution in [1.82, 2.24) is 25.1 Å². The van der Waals surface area contributed by atoms with Gasteiger partial charge in [-0.05, 0) is 40.0 Å². The Labute approximate surface area is 135 Å². The molecule has 7 nitrogen and oxygen atoms in total. The number of nitrogens with zero attached hydrogens (tertiary/aromatic N) is 4. The van der Waals surface area contributed by atoms with Crippen LogP contribution in [0.15, 0.2) is 18.6 Å². The summed E-state index contributed by atoms with van der Waals surface area (Å²) in [5.41, 5.74) is 8.11. The van der Waals surface area contributed by atoms with Crippen LogP contribution in [0.5, 0.6) is 0 Å². The van der Waals surface area contributed by atoms with Crippen molar-refractivity contribution in [1.29, 1.82) is 0 Å². The van der Waals surface area contributed by atoms with Crippen molar-refractivity contribution < 1.29 is 4.79 Å². The zero-order valence-electron chi connectivity index (χ0n) is 13.7. The first-order chi connectivity index (χ1) is 10.9. The molecule has 3 N–H and O–H groups in total. The molecule has 0 aliphatic heterocycles. The molecule has 122 valence electrons. The minimum Gasteiger partial charge on any atom is -0.382 e. The first-order valence-corrected chi connectivity index (χ1v) is 7.82. The van der Waals surface area contributed by atoms with Crippen LogP contribution in [0.1, 0.15) is 61.4 Å². The van der Waals surface area contributed by atoms with Crippen molar-refractivity contribution in [2.45, 2.75) is 51.6 Å². The number of nitrogens with two attached hydrogens (primary N) is 1. The molecule has 1 atom stereocenters. The molecular weight excluding hydrogens is 292 g/mol. The van der Waals surface area contributed by atoms with Crippen LogP contribution in [0, 0.1) is 0 Å². The summed E-state index contributed by atoms with van der Waals surface area (Å²) in [6, 6.07) is -0.0660. The molecule has 1 aliphatic rings. The number of rotatable bonds is 2. The van der Waals surface area contributed by atoms with Crippen LogP contribution in [-0.2, 0) is 12.0 Å². The average Bonchev–Trinajstić information content (AvgIpc) is 2.92. The van der Waals surface area contributed by atoms with Gasteiger partial charge in [-0.25, -0.2) is 9.97 Å². The van der Waals surface area contributed by atoms with E-state index in [0.717, 1.165) is 24.8 Å². The smallest absolute Gasteiger partial charge is 0.274 e. The third-order valence-corrected chi connectivity index (χ3v) is 4.07. The first kappa shape index (κ1) is 15.5. The zero-order chi connectivity index (χ0) is 16.6. The highest BCUT2D eigenvalue weighted by Gasteiger charge is 2.29. The van der Waals surface area contributed by atoms with Gasteiger partial charge in [-0.3, -0.25) is 9.48 Å². The number of hydrogen-bond acceptors (Lipinski definition) is 5. The molecule has 23 heavy (non-hydrogen) atoms. The Morgan fingerprint density at radius 1 is 1.35 bits per heavy atom. The standard InChI is InChI=1S/C16H22N6O/c1-16(2,3)22-12-6-4-5-11(10(12)9-20-22)21-15(23)13-14(17)19-8-7-18-13/h7-9,11H,4-6H2,1-3H3,(H2,17,19)(H,21,23)/t11-/m0/s1. The molecule has 0 spiro atoms. The Morgan fingerprint density at radius 3 is 2.78 bits per heavy atom. The van der Waals surface area contributed by atoms with E-state index in [1.54, 1.807) is 0 Å². The van der Waals surface area contributed by atoms with E-state index in [9.17, 15) is 4.79 Å². The molecule has 2 heterocycles. The number of nitrogen functional groups attached to an aromatic ring is 1. The maximum Gasteiger partial charge on any atom is 0.274 e. The summed E-state index contributed by atoms with van der Waals surface area (Å²) in [4.78, 5) is 20.4. The van der Waals surface area contributed by atoms with Crippen molar-refractivity contribution in [3.63, 3.8) is 0 Å². The lowest BCUT2D eigenvalue weighted by atomic mass is 9.92. The lowest BCUT2D eigenvalue weighted by molar-refractivity contribution is 0.0928. The van der Waals surface area contributed by atoms with Crippen molar-refractivity contribution >= 4 is 11.7 Å². The molecule has 0 fully saturated rings. The third-order valence-electron chi connectivity index (χ3n) is 4.07. The van der Waals surface area contributed by atoms with Gasteiger partial charge in [0.2, 0.25) is 0 Å². The van der Waals surface area contributed by atoms with Gasteiger partial charge < -0.3 is 11.1 Å². The van der Waals surface area contributed by atoms with Gasteiger partial charge in [0.15, 0.2) is 11.5 Å². The summed E-state index contributed by atoms with van der Waals surface area (Å²) < 4.78 is 2.05. The molecule has 0 saturated carbocycles. The minimum atomic E-state index is -0.294. The monoisotopic (exact) mass is 314 g/mol. The number of amides is 1. The summed E-state index contributed by atoms with van der Waals surface area (Å²) in [5, 5.41) is 7.55. The van der Waals surface area contributed by atoms with Crippen LogP contribution in [0.4, 0.5) is 5.82 Å². The predicted octanol–water partition coefficient (Wildman–Crippen LogP) is 1.82. The van der Waals surface area contributed by atoms with Gasteiger partial charge in [-0.15, -0.1) is 0 Å². The van der Waals surface area contributed by atoms with E-state index in [-0.39, 0.29) is 29.0 Å². The predicted molar refractivity (Wildman–Crippen MR) is 86.8 cm³/mol. The minimum absolute atomic E-state index is 0.0660. The highest BCUT2D eigenvalue weighted by molar-refractivity contribution is 5.96. The van der Waals surface area contributed by atoms with Gasteiger partial charge in [-0.2, -0.15) is 5.10 Å².